The number of nitrogens with one attached hydrogen (secondary N) is 1. The Morgan fingerprint density at radius 2 is 1.75 bits per heavy atom. The van der Waals surface area contributed by atoms with Crippen LogP contribution >= 0.6 is 0 Å². The standard InChI is InChI=1S/C26H22FNO4/c1-14-12-19(16(3)28-22-11-7-5-9-18(22)26(30)31)25-20(13-14)23(29)15(2)24(32-25)17-8-4-6-10-21(17)27/h4-13,16,28H,1-3H3,(H,30,31). The lowest BCUT2D eigenvalue weighted by Crippen LogP contribution is -2.14. The topological polar surface area (TPSA) is 79.5 Å². The van der Waals surface area contributed by atoms with Crippen LogP contribution in [0.3, 0.4) is 0 Å². The van der Waals surface area contributed by atoms with E-state index in [0.29, 0.717) is 27.8 Å². The van der Waals surface area contributed by atoms with Crippen molar-refractivity contribution in [2.45, 2.75) is 26.8 Å². The maximum absolute atomic E-state index is 14.5. The molecule has 1 heterocycles. The molecule has 0 saturated carbocycles. The second kappa shape index (κ2) is 8.30. The van der Waals surface area contributed by atoms with Gasteiger partial charge < -0.3 is 14.8 Å². The molecule has 0 aliphatic rings. The molecule has 32 heavy (non-hydrogen) atoms. The monoisotopic (exact) mass is 431 g/mol. The molecule has 6 heteroatoms. The molecule has 0 aliphatic carbocycles. The highest BCUT2D eigenvalue weighted by Crippen LogP contribution is 2.33. The predicted molar refractivity (Wildman–Crippen MR) is 123 cm³/mol. The third-order valence-corrected chi connectivity index (χ3v) is 5.51. The lowest BCUT2D eigenvalue weighted by molar-refractivity contribution is 0.0698. The maximum atomic E-state index is 14.5. The summed E-state index contributed by atoms with van der Waals surface area (Å²) in [5.74, 6) is -1.34. The van der Waals surface area contributed by atoms with Gasteiger partial charge in [-0.05, 0) is 56.7 Å². The first-order valence-electron chi connectivity index (χ1n) is 10.2. The molecule has 0 spiro atoms. The highest BCUT2D eigenvalue weighted by Gasteiger charge is 2.21. The Hall–Kier alpha value is -3.93. The fourth-order valence-corrected chi connectivity index (χ4v) is 3.90. The highest BCUT2D eigenvalue weighted by atomic mass is 19.1. The molecule has 0 saturated heterocycles. The van der Waals surface area contributed by atoms with Gasteiger partial charge in [-0.2, -0.15) is 0 Å². The van der Waals surface area contributed by atoms with Crippen LogP contribution in [0.4, 0.5) is 10.1 Å². The van der Waals surface area contributed by atoms with Crippen LogP contribution in [0.1, 0.15) is 40.0 Å². The second-order valence-electron chi connectivity index (χ2n) is 7.81. The Bertz CT molecular complexity index is 1410. The van der Waals surface area contributed by atoms with Crippen LogP contribution in [0.25, 0.3) is 22.3 Å². The van der Waals surface area contributed by atoms with Gasteiger partial charge in [0.25, 0.3) is 0 Å². The minimum absolute atomic E-state index is 0.139. The largest absolute Gasteiger partial charge is 0.478 e. The van der Waals surface area contributed by atoms with E-state index in [1.54, 1.807) is 49.4 Å². The summed E-state index contributed by atoms with van der Waals surface area (Å²) in [4.78, 5) is 24.8. The SMILES string of the molecule is Cc1cc(C(C)Nc2ccccc2C(=O)O)c2oc(-c3ccccc3F)c(C)c(=O)c2c1. The van der Waals surface area contributed by atoms with Crippen LogP contribution in [0.2, 0.25) is 0 Å². The van der Waals surface area contributed by atoms with Gasteiger partial charge in [-0.25, -0.2) is 9.18 Å². The molecule has 3 aromatic carbocycles. The number of rotatable bonds is 5. The smallest absolute Gasteiger partial charge is 0.337 e. The van der Waals surface area contributed by atoms with Gasteiger partial charge in [0.1, 0.15) is 17.2 Å². The molecule has 1 aromatic heterocycles. The van der Waals surface area contributed by atoms with E-state index in [4.69, 9.17) is 4.42 Å². The number of aromatic carboxylic acids is 1. The zero-order valence-corrected chi connectivity index (χ0v) is 17.9. The summed E-state index contributed by atoms with van der Waals surface area (Å²) < 4.78 is 20.7. The zero-order chi connectivity index (χ0) is 23.0. The van der Waals surface area contributed by atoms with Crippen LogP contribution in [-0.4, -0.2) is 11.1 Å². The number of aryl methyl sites for hydroxylation is 1. The van der Waals surface area contributed by atoms with E-state index in [1.807, 2.05) is 19.9 Å². The Morgan fingerprint density at radius 3 is 2.47 bits per heavy atom. The summed E-state index contributed by atoms with van der Waals surface area (Å²) in [6.45, 7) is 5.36. The first-order valence-corrected chi connectivity index (χ1v) is 10.2. The Kier molecular flexibility index (Phi) is 5.53. The molecular formula is C26H22FNO4. The lowest BCUT2D eigenvalue weighted by Gasteiger charge is -2.20. The molecule has 0 amide bonds. The van der Waals surface area contributed by atoms with Gasteiger partial charge in [-0.1, -0.05) is 30.3 Å². The summed E-state index contributed by atoms with van der Waals surface area (Å²) in [5, 5.41) is 13.1. The number of benzene rings is 3. The van der Waals surface area contributed by atoms with Crippen molar-refractivity contribution in [3.63, 3.8) is 0 Å². The second-order valence-corrected chi connectivity index (χ2v) is 7.81. The van der Waals surface area contributed by atoms with E-state index in [0.717, 1.165) is 5.56 Å². The summed E-state index contributed by atoms with van der Waals surface area (Å²) in [7, 11) is 0. The number of fused-ring (bicyclic) bond motifs is 1. The highest BCUT2D eigenvalue weighted by molar-refractivity contribution is 5.94. The lowest BCUT2D eigenvalue weighted by atomic mass is 9.98. The molecule has 0 aliphatic heterocycles. The van der Waals surface area contributed by atoms with Crippen molar-refractivity contribution in [2.75, 3.05) is 5.32 Å². The van der Waals surface area contributed by atoms with Gasteiger partial charge in [-0.15, -0.1) is 0 Å². The van der Waals surface area contributed by atoms with E-state index in [-0.39, 0.29) is 22.3 Å². The number of hydrogen-bond acceptors (Lipinski definition) is 4. The fourth-order valence-electron chi connectivity index (χ4n) is 3.90. The number of carbonyl (C=O) groups is 1. The van der Waals surface area contributed by atoms with E-state index < -0.39 is 17.8 Å². The minimum atomic E-state index is -1.04. The number of hydrogen-bond donors (Lipinski definition) is 2. The van der Waals surface area contributed by atoms with Crippen LogP contribution in [0.15, 0.2) is 69.9 Å². The molecule has 162 valence electrons. The summed E-state index contributed by atoms with van der Waals surface area (Å²) in [6.07, 6.45) is 0. The first-order chi connectivity index (χ1) is 15.3. The molecule has 4 rings (SSSR count). The molecule has 0 radical (unpaired) electrons. The van der Waals surface area contributed by atoms with E-state index in [9.17, 15) is 19.1 Å². The van der Waals surface area contributed by atoms with E-state index >= 15 is 0 Å². The normalized spacial score (nSPS) is 12.0. The molecular weight excluding hydrogens is 409 g/mol. The van der Waals surface area contributed by atoms with Crippen molar-refractivity contribution in [3.05, 3.63) is 99.0 Å². The Morgan fingerprint density at radius 1 is 1.06 bits per heavy atom. The fraction of sp³-hybridized carbons (Fsp3) is 0.154. The van der Waals surface area contributed by atoms with Crippen molar-refractivity contribution < 1.29 is 18.7 Å². The molecule has 0 fully saturated rings. The van der Waals surface area contributed by atoms with Crippen LogP contribution in [-0.2, 0) is 0 Å². The molecule has 1 unspecified atom stereocenters. The third kappa shape index (κ3) is 3.75. The van der Waals surface area contributed by atoms with Crippen molar-refractivity contribution >= 4 is 22.6 Å². The number of anilines is 1. The van der Waals surface area contributed by atoms with Crippen LogP contribution in [0.5, 0.6) is 0 Å². The first kappa shape index (κ1) is 21.3. The van der Waals surface area contributed by atoms with Gasteiger partial charge >= 0.3 is 5.97 Å². The molecule has 5 nitrogen and oxygen atoms in total. The van der Waals surface area contributed by atoms with Gasteiger partial charge in [0.2, 0.25) is 0 Å². The van der Waals surface area contributed by atoms with Gasteiger partial charge in [0.15, 0.2) is 5.43 Å². The number of carboxylic acid groups (broad SMARTS) is 1. The minimum Gasteiger partial charge on any atom is -0.478 e. The van der Waals surface area contributed by atoms with E-state index in [2.05, 4.69) is 5.32 Å². The average Bonchev–Trinajstić information content (AvgIpc) is 2.77. The maximum Gasteiger partial charge on any atom is 0.337 e. The quantitative estimate of drug-likeness (QED) is 0.400. The predicted octanol–water partition coefficient (Wildman–Crippen LogP) is 6.09. The van der Waals surface area contributed by atoms with Gasteiger partial charge in [0, 0.05) is 16.8 Å². The average molecular weight is 431 g/mol. The van der Waals surface area contributed by atoms with Crippen LogP contribution < -0.4 is 10.7 Å². The van der Waals surface area contributed by atoms with E-state index in [1.165, 1.54) is 12.1 Å². The van der Waals surface area contributed by atoms with Crippen LogP contribution in [0, 0.1) is 19.7 Å². The van der Waals surface area contributed by atoms with Crippen molar-refractivity contribution in [2.24, 2.45) is 0 Å². The molecule has 4 aromatic rings. The Labute approximate surface area is 184 Å². The molecule has 2 N–H and O–H groups in total. The summed E-state index contributed by atoms with van der Waals surface area (Å²) in [6, 6.07) is 16.0. The Balaban J connectivity index is 1.91. The molecule has 0 bridgehead atoms. The summed E-state index contributed by atoms with van der Waals surface area (Å²) >= 11 is 0. The number of carboxylic acids is 1. The van der Waals surface area contributed by atoms with Gasteiger partial charge in [-0.3, -0.25) is 4.79 Å². The van der Waals surface area contributed by atoms with Crippen molar-refractivity contribution in [3.8, 4) is 11.3 Å². The van der Waals surface area contributed by atoms with Crippen molar-refractivity contribution in [1.29, 1.82) is 0 Å². The summed E-state index contributed by atoms with van der Waals surface area (Å²) in [5.41, 5.74) is 2.78. The van der Waals surface area contributed by atoms with Crippen molar-refractivity contribution in [1.82, 2.24) is 0 Å². The zero-order valence-electron chi connectivity index (χ0n) is 17.9. The van der Waals surface area contributed by atoms with Gasteiger partial charge in [0.05, 0.1) is 22.6 Å². The third-order valence-electron chi connectivity index (χ3n) is 5.51. The number of para-hydroxylation sites is 1. The number of halogens is 1. The molecule has 1 atom stereocenters.